The molecular formula is C16H28BrN3. The van der Waals surface area contributed by atoms with Crippen molar-refractivity contribution in [2.45, 2.75) is 65.5 Å². The van der Waals surface area contributed by atoms with Crippen LogP contribution >= 0.6 is 15.9 Å². The van der Waals surface area contributed by atoms with Gasteiger partial charge in [0.2, 0.25) is 0 Å². The molecular weight excluding hydrogens is 314 g/mol. The summed E-state index contributed by atoms with van der Waals surface area (Å²) >= 11 is 3.72. The molecule has 3 nitrogen and oxygen atoms in total. The van der Waals surface area contributed by atoms with Crippen molar-refractivity contribution in [3.8, 4) is 0 Å². The molecule has 3 unspecified atom stereocenters. The third-order valence-electron chi connectivity index (χ3n) is 4.54. The highest BCUT2D eigenvalue weighted by atomic mass is 79.9. The van der Waals surface area contributed by atoms with Crippen molar-refractivity contribution in [3.05, 3.63) is 16.4 Å². The molecule has 0 aliphatic heterocycles. The number of halogens is 1. The van der Waals surface area contributed by atoms with Gasteiger partial charge in [0.25, 0.3) is 0 Å². The van der Waals surface area contributed by atoms with E-state index in [0.29, 0.717) is 12.1 Å². The van der Waals surface area contributed by atoms with Gasteiger partial charge in [-0.2, -0.15) is 5.10 Å². The summed E-state index contributed by atoms with van der Waals surface area (Å²) in [5.74, 6) is 1.53. The Morgan fingerprint density at radius 1 is 1.45 bits per heavy atom. The normalized spacial score (nSPS) is 24.5. The van der Waals surface area contributed by atoms with Crippen molar-refractivity contribution < 1.29 is 0 Å². The molecule has 1 heterocycles. The van der Waals surface area contributed by atoms with Gasteiger partial charge in [0.1, 0.15) is 0 Å². The third-order valence-corrected chi connectivity index (χ3v) is 5.15. The maximum Gasteiger partial charge on any atom is 0.0701 e. The standard InChI is InChI=1S/C16H28BrN3/c1-5-9-18-15(13-8-6-7-12(13)4)16-14(17)10-19-20(16)11(2)3/h10-13,15,18H,5-9H2,1-4H3. The van der Waals surface area contributed by atoms with Gasteiger partial charge < -0.3 is 5.32 Å². The van der Waals surface area contributed by atoms with Crippen LogP contribution in [-0.4, -0.2) is 16.3 Å². The highest BCUT2D eigenvalue weighted by Crippen LogP contribution is 2.42. The summed E-state index contributed by atoms with van der Waals surface area (Å²) in [5.41, 5.74) is 1.34. The largest absolute Gasteiger partial charge is 0.308 e. The van der Waals surface area contributed by atoms with Gasteiger partial charge in [-0.15, -0.1) is 0 Å². The van der Waals surface area contributed by atoms with Gasteiger partial charge in [-0.1, -0.05) is 26.7 Å². The maximum absolute atomic E-state index is 4.57. The van der Waals surface area contributed by atoms with Crippen molar-refractivity contribution in [2.75, 3.05) is 6.54 Å². The van der Waals surface area contributed by atoms with Crippen molar-refractivity contribution in [3.63, 3.8) is 0 Å². The highest BCUT2D eigenvalue weighted by Gasteiger charge is 2.34. The van der Waals surface area contributed by atoms with Gasteiger partial charge in [-0.05, 0) is 61.0 Å². The molecule has 0 aromatic carbocycles. The molecule has 0 radical (unpaired) electrons. The molecule has 0 amide bonds. The van der Waals surface area contributed by atoms with Gasteiger partial charge in [0.05, 0.1) is 22.4 Å². The van der Waals surface area contributed by atoms with E-state index in [-0.39, 0.29) is 0 Å². The number of aromatic nitrogens is 2. The Hall–Kier alpha value is -0.350. The minimum atomic E-state index is 0.402. The van der Waals surface area contributed by atoms with E-state index in [1.54, 1.807) is 0 Å². The van der Waals surface area contributed by atoms with E-state index in [2.05, 4.69) is 58.7 Å². The van der Waals surface area contributed by atoms with Crippen LogP contribution in [0.2, 0.25) is 0 Å². The van der Waals surface area contributed by atoms with Gasteiger partial charge in [0.15, 0.2) is 0 Å². The number of nitrogens with one attached hydrogen (secondary N) is 1. The smallest absolute Gasteiger partial charge is 0.0701 e. The Bertz CT molecular complexity index is 427. The van der Waals surface area contributed by atoms with E-state index >= 15 is 0 Å². The number of hydrogen-bond acceptors (Lipinski definition) is 2. The van der Waals surface area contributed by atoms with Crippen molar-refractivity contribution in [1.82, 2.24) is 15.1 Å². The minimum absolute atomic E-state index is 0.402. The van der Waals surface area contributed by atoms with E-state index in [9.17, 15) is 0 Å². The van der Waals surface area contributed by atoms with Crippen LogP contribution < -0.4 is 5.32 Å². The van der Waals surface area contributed by atoms with Gasteiger partial charge in [-0.25, -0.2) is 0 Å². The van der Waals surface area contributed by atoms with Gasteiger partial charge >= 0.3 is 0 Å². The first kappa shape index (κ1) is 16.0. The predicted molar refractivity (Wildman–Crippen MR) is 87.9 cm³/mol. The van der Waals surface area contributed by atoms with Crippen LogP contribution in [-0.2, 0) is 0 Å². The second-order valence-electron chi connectivity index (χ2n) is 6.42. The number of nitrogens with zero attached hydrogens (tertiary/aromatic N) is 2. The lowest BCUT2D eigenvalue weighted by molar-refractivity contribution is 0.283. The Morgan fingerprint density at radius 3 is 2.75 bits per heavy atom. The SMILES string of the molecule is CCCNC(c1c(Br)cnn1C(C)C)C1CCCC1C. The summed E-state index contributed by atoms with van der Waals surface area (Å²) < 4.78 is 3.33. The van der Waals surface area contributed by atoms with Crippen LogP contribution in [0.5, 0.6) is 0 Å². The molecule has 1 N–H and O–H groups in total. The van der Waals surface area contributed by atoms with Crippen LogP contribution in [0, 0.1) is 11.8 Å². The summed E-state index contributed by atoms with van der Waals surface area (Å²) in [6, 6.07) is 0.825. The molecule has 0 saturated heterocycles. The first-order valence-corrected chi connectivity index (χ1v) is 8.81. The lowest BCUT2D eigenvalue weighted by Gasteiger charge is -2.30. The summed E-state index contributed by atoms with van der Waals surface area (Å²) in [4.78, 5) is 0. The first-order chi connectivity index (χ1) is 9.56. The van der Waals surface area contributed by atoms with E-state index in [4.69, 9.17) is 0 Å². The topological polar surface area (TPSA) is 29.9 Å². The zero-order valence-electron chi connectivity index (χ0n) is 13.2. The second-order valence-corrected chi connectivity index (χ2v) is 7.27. The number of rotatable bonds is 6. The molecule has 4 heteroatoms. The number of hydrogen-bond donors (Lipinski definition) is 1. The van der Waals surface area contributed by atoms with Crippen LogP contribution in [0.1, 0.15) is 71.2 Å². The lowest BCUT2D eigenvalue weighted by Crippen LogP contribution is -2.33. The molecule has 20 heavy (non-hydrogen) atoms. The second kappa shape index (κ2) is 7.08. The fourth-order valence-electron chi connectivity index (χ4n) is 3.47. The van der Waals surface area contributed by atoms with E-state index in [1.165, 1.54) is 31.4 Å². The van der Waals surface area contributed by atoms with Gasteiger partial charge in [-0.3, -0.25) is 4.68 Å². The Labute approximate surface area is 131 Å². The fourth-order valence-corrected chi connectivity index (χ4v) is 3.99. The minimum Gasteiger partial charge on any atom is -0.308 e. The van der Waals surface area contributed by atoms with Crippen molar-refractivity contribution in [2.24, 2.45) is 11.8 Å². The average molecular weight is 342 g/mol. The van der Waals surface area contributed by atoms with Crippen LogP contribution in [0.15, 0.2) is 10.7 Å². The Balaban J connectivity index is 2.32. The molecule has 114 valence electrons. The fraction of sp³-hybridized carbons (Fsp3) is 0.812. The highest BCUT2D eigenvalue weighted by molar-refractivity contribution is 9.10. The van der Waals surface area contributed by atoms with E-state index < -0.39 is 0 Å². The monoisotopic (exact) mass is 341 g/mol. The summed E-state index contributed by atoms with van der Waals surface area (Å²) in [6.45, 7) is 10.1. The van der Waals surface area contributed by atoms with Crippen molar-refractivity contribution >= 4 is 15.9 Å². The van der Waals surface area contributed by atoms with Crippen LogP contribution in [0.25, 0.3) is 0 Å². The van der Waals surface area contributed by atoms with E-state index in [0.717, 1.165) is 22.9 Å². The van der Waals surface area contributed by atoms with E-state index in [1.807, 2.05) is 6.20 Å². The van der Waals surface area contributed by atoms with Crippen LogP contribution in [0.4, 0.5) is 0 Å². The molecule has 1 fully saturated rings. The molecule has 1 aliphatic carbocycles. The molecule has 3 atom stereocenters. The molecule has 1 aromatic rings. The molecule has 0 bridgehead atoms. The first-order valence-electron chi connectivity index (χ1n) is 8.02. The predicted octanol–water partition coefficient (Wildman–Crippen LogP) is 4.70. The summed E-state index contributed by atoms with van der Waals surface area (Å²) in [6.07, 6.45) is 7.19. The molecule has 2 rings (SSSR count). The summed E-state index contributed by atoms with van der Waals surface area (Å²) in [5, 5.41) is 8.36. The average Bonchev–Trinajstić information content (AvgIpc) is 2.98. The quantitative estimate of drug-likeness (QED) is 0.812. The summed E-state index contributed by atoms with van der Waals surface area (Å²) in [7, 11) is 0. The third kappa shape index (κ3) is 3.28. The molecule has 0 spiro atoms. The van der Waals surface area contributed by atoms with Gasteiger partial charge in [0, 0.05) is 6.04 Å². The maximum atomic E-state index is 4.57. The Kier molecular flexibility index (Phi) is 5.67. The molecule has 1 saturated carbocycles. The molecule has 1 aliphatic rings. The molecule has 1 aromatic heterocycles. The van der Waals surface area contributed by atoms with Crippen LogP contribution in [0.3, 0.4) is 0 Å². The Morgan fingerprint density at radius 2 is 2.20 bits per heavy atom. The lowest BCUT2D eigenvalue weighted by atomic mass is 9.88. The zero-order valence-corrected chi connectivity index (χ0v) is 14.8. The van der Waals surface area contributed by atoms with Crippen molar-refractivity contribution in [1.29, 1.82) is 0 Å². The zero-order chi connectivity index (χ0) is 14.7.